The van der Waals surface area contributed by atoms with E-state index in [-0.39, 0.29) is 18.4 Å². The van der Waals surface area contributed by atoms with Gasteiger partial charge in [-0.1, -0.05) is 84.9 Å². The third kappa shape index (κ3) is 6.84. The first-order valence-electron chi connectivity index (χ1n) is 10.6. The molecule has 0 heterocycles. The van der Waals surface area contributed by atoms with E-state index in [4.69, 9.17) is 4.74 Å². The molecule has 32 heavy (non-hydrogen) atoms. The van der Waals surface area contributed by atoms with Crippen molar-refractivity contribution in [1.82, 2.24) is 10.2 Å². The maximum Gasteiger partial charge on any atom is 0.261 e. The van der Waals surface area contributed by atoms with Crippen LogP contribution in [0.25, 0.3) is 0 Å². The van der Waals surface area contributed by atoms with Crippen molar-refractivity contribution in [3.63, 3.8) is 0 Å². The normalized spacial score (nSPS) is 11.2. The highest BCUT2D eigenvalue weighted by molar-refractivity contribution is 5.88. The van der Waals surface area contributed by atoms with Crippen LogP contribution >= 0.6 is 0 Å². The Balaban J connectivity index is 1.86. The number of ether oxygens (including phenoxy) is 1. The van der Waals surface area contributed by atoms with Gasteiger partial charge >= 0.3 is 0 Å². The van der Waals surface area contributed by atoms with Crippen LogP contribution in [0.3, 0.4) is 0 Å². The van der Waals surface area contributed by atoms with Gasteiger partial charge in [0.1, 0.15) is 11.8 Å². The van der Waals surface area contributed by atoms with E-state index in [9.17, 15) is 9.59 Å². The summed E-state index contributed by atoms with van der Waals surface area (Å²) in [6, 6.07) is 27.8. The zero-order valence-corrected chi connectivity index (χ0v) is 18.0. The molecule has 164 valence electrons. The molecule has 0 aromatic heterocycles. The fourth-order valence-electron chi connectivity index (χ4n) is 3.37. The van der Waals surface area contributed by atoms with Gasteiger partial charge in [0.25, 0.3) is 5.91 Å². The highest BCUT2D eigenvalue weighted by Gasteiger charge is 2.30. The summed E-state index contributed by atoms with van der Waals surface area (Å²) in [4.78, 5) is 28.1. The van der Waals surface area contributed by atoms with Gasteiger partial charge < -0.3 is 15.0 Å². The van der Waals surface area contributed by atoms with Gasteiger partial charge in [-0.25, -0.2) is 0 Å². The third-order valence-electron chi connectivity index (χ3n) is 4.99. The molecule has 0 unspecified atom stereocenters. The second-order valence-electron chi connectivity index (χ2n) is 7.35. The van der Waals surface area contributed by atoms with Gasteiger partial charge in [0.2, 0.25) is 5.91 Å². The van der Waals surface area contributed by atoms with Gasteiger partial charge in [-0.2, -0.15) is 0 Å². The molecule has 0 aliphatic carbocycles. The number of nitrogens with zero attached hydrogens (tertiary/aromatic N) is 1. The van der Waals surface area contributed by atoms with Crippen molar-refractivity contribution in [2.75, 3.05) is 13.2 Å². The van der Waals surface area contributed by atoms with E-state index in [2.05, 4.69) is 11.9 Å². The molecule has 0 fully saturated rings. The molecule has 1 atom stereocenters. The first-order valence-corrected chi connectivity index (χ1v) is 10.6. The summed E-state index contributed by atoms with van der Waals surface area (Å²) in [6.45, 7) is 4.15. The van der Waals surface area contributed by atoms with Gasteiger partial charge in [0.15, 0.2) is 6.61 Å². The van der Waals surface area contributed by atoms with E-state index in [0.29, 0.717) is 25.3 Å². The lowest BCUT2D eigenvalue weighted by atomic mass is 10.0. The van der Waals surface area contributed by atoms with Crippen LogP contribution in [0.1, 0.15) is 11.1 Å². The third-order valence-corrected chi connectivity index (χ3v) is 4.99. The number of carbonyl (C=O) groups is 2. The molecular weight excluding hydrogens is 400 g/mol. The summed E-state index contributed by atoms with van der Waals surface area (Å²) < 4.78 is 5.71. The Bertz CT molecular complexity index is 991. The Morgan fingerprint density at radius 2 is 1.44 bits per heavy atom. The van der Waals surface area contributed by atoms with Gasteiger partial charge in [-0.3, -0.25) is 9.59 Å². The number of amides is 2. The second kappa shape index (κ2) is 12.1. The molecular formula is C27H28N2O3. The summed E-state index contributed by atoms with van der Waals surface area (Å²) in [5, 5.41) is 2.86. The minimum atomic E-state index is -0.690. The molecule has 0 saturated carbocycles. The predicted molar refractivity (Wildman–Crippen MR) is 126 cm³/mol. The summed E-state index contributed by atoms with van der Waals surface area (Å²) in [5.74, 6) is 0.126. The van der Waals surface area contributed by atoms with Crippen LogP contribution in [0.2, 0.25) is 0 Å². The van der Waals surface area contributed by atoms with E-state index >= 15 is 0 Å². The van der Waals surface area contributed by atoms with E-state index in [0.717, 1.165) is 11.1 Å². The van der Waals surface area contributed by atoms with Gasteiger partial charge in [-0.05, 0) is 23.3 Å². The molecule has 0 spiro atoms. The Morgan fingerprint density at radius 3 is 2.03 bits per heavy atom. The van der Waals surface area contributed by atoms with Gasteiger partial charge in [-0.15, -0.1) is 6.58 Å². The molecule has 5 nitrogen and oxygen atoms in total. The number of hydrogen-bond donors (Lipinski definition) is 1. The van der Waals surface area contributed by atoms with Crippen molar-refractivity contribution in [3.8, 4) is 5.75 Å². The van der Waals surface area contributed by atoms with Crippen molar-refractivity contribution in [1.29, 1.82) is 0 Å². The van der Waals surface area contributed by atoms with E-state index in [1.807, 2.05) is 78.9 Å². The number of nitrogens with one attached hydrogen (secondary N) is 1. The highest BCUT2D eigenvalue weighted by Crippen LogP contribution is 2.16. The van der Waals surface area contributed by atoms with Gasteiger partial charge in [0, 0.05) is 19.5 Å². The first kappa shape index (κ1) is 22.8. The Labute approximate surface area is 189 Å². The molecule has 0 aliphatic rings. The molecule has 0 saturated heterocycles. The topological polar surface area (TPSA) is 58.6 Å². The number of rotatable bonds is 11. The number of para-hydroxylation sites is 1. The maximum atomic E-state index is 13.3. The van der Waals surface area contributed by atoms with Crippen molar-refractivity contribution in [2.45, 2.75) is 19.0 Å². The minimum Gasteiger partial charge on any atom is -0.484 e. The summed E-state index contributed by atoms with van der Waals surface area (Å²) >= 11 is 0. The molecule has 2 amide bonds. The number of hydrogen-bond acceptors (Lipinski definition) is 3. The largest absolute Gasteiger partial charge is 0.484 e. The van der Waals surface area contributed by atoms with Crippen LogP contribution in [-0.2, 0) is 22.6 Å². The van der Waals surface area contributed by atoms with E-state index in [1.54, 1.807) is 23.1 Å². The number of benzene rings is 3. The molecule has 5 heteroatoms. The fraction of sp³-hybridized carbons (Fsp3) is 0.185. The van der Waals surface area contributed by atoms with Crippen LogP contribution in [-0.4, -0.2) is 35.9 Å². The molecule has 3 rings (SSSR count). The monoisotopic (exact) mass is 428 g/mol. The average Bonchev–Trinajstić information content (AvgIpc) is 2.85. The van der Waals surface area contributed by atoms with Crippen LogP contribution in [0.4, 0.5) is 0 Å². The standard InChI is InChI=1S/C27H28N2O3/c1-2-18-28-27(31)25(19-22-12-6-3-7-13-22)29(20-23-14-8-4-9-15-23)26(30)21-32-24-16-10-5-11-17-24/h2-17,25H,1,18-21H2,(H,28,31)/t25-/m1/s1. The summed E-state index contributed by atoms with van der Waals surface area (Å²) in [7, 11) is 0. The lowest BCUT2D eigenvalue weighted by Crippen LogP contribution is -2.51. The van der Waals surface area contributed by atoms with Gasteiger partial charge in [0.05, 0.1) is 0 Å². The molecule has 0 radical (unpaired) electrons. The fourth-order valence-corrected chi connectivity index (χ4v) is 3.37. The van der Waals surface area contributed by atoms with Crippen molar-refractivity contribution in [2.24, 2.45) is 0 Å². The predicted octanol–water partition coefficient (Wildman–Crippen LogP) is 4.01. The minimum absolute atomic E-state index is 0.156. The molecule has 1 N–H and O–H groups in total. The maximum absolute atomic E-state index is 13.3. The van der Waals surface area contributed by atoms with Crippen molar-refractivity contribution < 1.29 is 14.3 Å². The first-order chi connectivity index (χ1) is 15.7. The Kier molecular flexibility index (Phi) is 8.63. The highest BCUT2D eigenvalue weighted by atomic mass is 16.5. The van der Waals surface area contributed by atoms with E-state index in [1.165, 1.54) is 0 Å². The summed E-state index contributed by atoms with van der Waals surface area (Å²) in [6.07, 6.45) is 2.02. The van der Waals surface area contributed by atoms with E-state index < -0.39 is 6.04 Å². The number of carbonyl (C=O) groups excluding carboxylic acids is 2. The average molecular weight is 429 g/mol. The molecule has 3 aromatic carbocycles. The SMILES string of the molecule is C=CCNC(=O)[C@@H](Cc1ccccc1)N(Cc1ccccc1)C(=O)COc1ccccc1. The Morgan fingerprint density at radius 1 is 0.875 bits per heavy atom. The van der Waals surface area contributed by atoms with Crippen LogP contribution < -0.4 is 10.1 Å². The van der Waals surface area contributed by atoms with Crippen molar-refractivity contribution in [3.05, 3.63) is 115 Å². The lowest BCUT2D eigenvalue weighted by molar-refractivity contribution is -0.142. The van der Waals surface area contributed by atoms with Crippen molar-refractivity contribution >= 4 is 11.8 Å². The Hall–Kier alpha value is -3.86. The second-order valence-corrected chi connectivity index (χ2v) is 7.35. The molecule has 0 bridgehead atoms. The smallest absolute Gasteiger partial charge is 0.261 e. The van der Waals surface area contributed by atoms with Crippen LogP contribution in [0.5, 0.6) is 5.75 Å². The van der Waals surface area contributed by atoms with Crippen LogP contribution in [0.15, 0.2) is 104 Å². The molecule has 3 aromatic rings. The lowest BCUT2D eigenvalue weighted by Gasteiger charge is -2.31. The van der Waals surface area contributed by atoms with Crippen LogP contribution in [0, 0.1) is 0 Å². The summed E-state index contributed by atoms with van der Waals surface area (Å²) in [5.41, 5.74) is 1.91. The molecule has 0 aliphatic heterocycles. The zero-order chi connectivity index (χ0) is 22.6. The quantitative estimate of drug-likeness (QED) is 0.470. The zero-order valence-electron chi connectivity index (χ0n) is 18.0.